The zero-order chi connectivity index (χ0) is 13.7. The number of halogens is 1. The summed E-state index contributed by atoms with van der Waals surface area (Å²) in [6.45, 7) is 11.5. The molecule has 2 rings (SSSR count). The van der Waals surface area contributed by atoms with Crippen molar-refractivity contribution in [2.45, 2.75) is 40.0 Å². The minimum atomic E-state index is 0. The van der Waals surface area contributed by atoms with E-state index in [0.717, 1.165) is 57.6 Å². The minimum Gasteiger partial charge on any atom is -0.381 e. The Hall–Kier alpha value is -0.0400. The maximum absolute atomic E-state index is 5.38. The van der Waals surface area contributed by atoms with Gasteiger partial charge in [0.15, 0.2) is 5.96 Å². The molecule has 0 aromatic heterocycles. The van der Waals surface area contributed by atoms with Crippen molar-refractivity contribution < 1.29 is 4.74 Å². The number of aliphatic imine (C=N–C) groups is 1. The molecule has 2 fully saturated rings. The Labute approximate surface area is 140 Å². The third-order valence-corrected chi connectivity index (χ3v) is 4.43. The maximum atomic E-state index is 5.38. The average molecular weight is 395 g/mol. The van der Waals surface area contributed by atoms with Crippen LogP contribution in [0, 0.1) is 17.3 Å². The molecule has 0 aromatic rings. The molecule has 2 N–H and O–H groups in total. The summed E-state index contributed by atoms with van der Waals surface area (Å²) >= 11 is 0. The lowest BCUT2D eigenvalue weighted by atomic mass is 10.0. The summed E-state index contributed by atoms with van der Waals surface area (Å²) in [4.78, 5) is 4.72. The number of guanidine groups is 1. The largest absolute Gasteiger partial charge is 0.381 e. The zero-order valence-corrected chi connectivity index (χ0v) is 15.4. The van der Waals surface area contributed by atoms with Crippen LogP contribution in [0.5, 0.6) is 0 Å². The first-order chi connectivity index (χ1) is 9.12. The standard InChI is InChI=1S/C15H29N3O.HI/c1-4-16-14(18-11-13-9-15(13,2)3)17-10-12-5-7-19-8-6-12;/h12-13H,4-11H2,1-3H3,(H2,16,17,18);1H. The van der Waals surface area contributed by atoms with Gasteiger partial charge in [0.25, 0.3) is 0 Å². The van der Waals surface area contributed by atoms with E-state index < -0.39 is 0 Å². The predicted molar refractivity (Wildman–Crippen MR) is 94.8 cm³/mol. The van der Waals surface area contributed by atoms with Crippen molar-refractivity contribution in [3.05, 3.63) is 0 Å². The van der Waals surface area contributed by atoms with Gasteiger partial charge in [-0.15, -0.1) is 24.0 Å². The van der Waals surface area contributed by atoms with Crippen LogP contribution in [0.2, 0.25) is 0 Å². The van der Waals surface area contributed by atoms with Crippen molar-refractivity contribution in [3.8, 4) is 0 Å². The number of hydrogen-bond donors (Lipinski definition) is 2. The van der Waals surface area contributed by atoms with Gasteiger partial charge in [-0.25, -0.2) is 0 Å². The van der Waals surface area contributed by atoms with Crippen LogP contribution in [0.25, 0.3) is 0 Å². The highest BCUT2D eigenvalue weighted by Gasteiger charge is 2.45. The van der Waals surface area contributed by atoms with Crippen LogP contribution < -0.4 is 10.6 Å². The summed E-state index contributed by atoms with van der Waals surface area (Å²) in [5.74, 6) is 2.48. The maximum Gasteiger partial charge on any atom is 0.191 e. The third-order valence-electron chi connectivity index (χ3n) is 4.43. The van der Waals surface area contributed by atoms with E-state index in [-0.39, 0.29) is 24.0 Å². The second-order valence-electron chi connectivity index (χ2n) is 6.55. The van der Waals surface area contributed by atoms with Crippen molar-refractivity contribution in [3.63, 3.8) is 0 Å². The number of hydrogen-bond acceptors (Lipinski definition) is 2. The van der Waals surface area contributed by atoms with E-state index in [1.807, 2.05) is 0 Å². The molecule has 1 saturated carbocycles. The summed E-state index contributed by atoms with van der Waals surface area (Å²) in [5.41, 5.74) is 0.533. The predicted octanol–water partition coefficient (Wildman–Crippen LogP) is 2.63. The van der Waals surface area contributed by atoms with Gasteiger partial charge in [-0.05, 0) is 43.4 Å². The van der Waals surface area contributed by atoms with Gasteiger partial charge in [-0.2, -0.15) is 0 Å². The van der Waals surface area contributed by atoms with Crippen LogP contribution >= 0.6 is 24.0 Å². The van der Waals surface area contributed by atoms with Crippen molar-refractivity contribution >= 4 is 29.9 Å². The summed E-state index contributed by atoms with van der Waals surface area (Å²) in [6.07, 6.45) is 3.64. The Balaban J connectivity index is 0.00000200. The molecule has 118 valence electrons. The van der Waals surface area contributed by atoms with Crippen molar-refractivity contribution in [1.29, 1.82) is 0 Å². The zero-order valence-electron chi connectivity index (χ0n) is 13.1. The second kappa shape index (κ2) is 8.41. The first-order valence-corrected chi connectivity index (χ1v) is 7.71. The molecule has 5 heteroatoms. The Bertz CT molecular complexity index is 314. The van der Waals surface area contributed by atoms with Crippen molar-refractivity contribution in [2.24, 2.45) is 22.2 Å². The molecule has 0 radical (unpaired) electrons. The average Bonchev–Trinajstić information content (AvgIpc) is 3.02. The van der Waals surface area contributed by atoms with Gasteiger partial charge in [0.2, 0.25) is 0 Å². The number of nitrogens with one attached hydrogen (secondary N) is 2. The van der Waals surface area contributed by atoms with E-state index in [9.17, 15) is 0 Å². The fourth-order valence-electron chi connectivity index (χ4n) is 2.64. The number of rotatable bonds is 5. The molecule has 1 aliphatic heterocycles. The van der Waals surface area contributed by atoms with Gasteiger partial charge in [0, 0.05) is 32.8 Å². The molecular weight excluding hydrogens is 365 g/mol. The van der Waals surface area contributed by atoms with Gasteiger partial charge in [-0.1, -0.05) is 13.8 Å². The lowest BCUT2D eigenvalue weighted by molar-refractivity contribution is 0.0689. The smallest absolute Gasteiger partial charge is 0.191 e. The summed E-state index contributed by atoms with van der Waals surface area (Å²) in [6, 6.07) is 0. The highest BCUT2D eigenvalue weighted by Crippen LogP contribution is 2.50. The monoisotopic (exact) mass is 395 g/mol. The fourth-order valence-corrected chi connectivity index (χ4v) is 2.64. The van der Waals surface area contributed by atoms with E-state index in [2.05, 4.69) is 31.4 Å². The number of nitrogens with zero attached hydrogens (tertiary/aromatic N) is 1. The SMILES string of the molecule is CCNC(=NCC1CCOCC1)NCC1CC1(C)C.I. The highest BCUT2D eigenvalue weighted by molar-refractivity contribution is 14.0. The minimum absolute atomic E-state index is 0. The van der Waals surface area contributed by atoms with Crippen LogP contribution in [0.1, 0.15) is 40.0 Å². The van der Waals surface area contributed by atoms with Crippen LogP contribution in [-0.4, -0.2) is 38.8 Å². The van der Waals surface area contributed by atoms with Crippen molar-refractivity contribution in [1.82, 2.24) is 10.6 Å². The number of ether oxygens (including phenoxy) is 1. The van der Waals surface area contributed by atoms with Crippen LogP contribution in [0.15, 0.2) is 4.99 Å². The van der Waals surface area contributed by atoms with E-state index in [1.165, 1.54) is 6.42 Å². The molecular formula is C15H30IN3O. The van der Waals surface area contributed by atoms with E-state index in [4.69, 9.17) is 9.73 Å². The van der Waals surface area contributed by atoms with Crippen LogP contribution in [-0.2, 0) is 4.74 Å². The van der Waals surface area contributed by atoms with Gasteiger partial charge in [0.05, 0.1) is 0 Å². The lowest BCUT2D eigenvalue weighted by Crippen LogP contribution is -2.39. The van der Waals surface area contributed by atoms with Crippen molar-refractivity contribution in [2.75, 3.05) is 32.8 Å². The molecule has 0 aromatic carbocycles. The van der Waals surface area contributed by atoms with E-state index in [1.54, 1.807) is 0 Å². The Kier molecular flexibility index (Phi) is 7.58. The van der Waals surface area contributed by atoms with Gasteiger partial charge in [-0.3, -0.25) is 4.99 Å². The second-order valence-corrected chi connectivity index (χ2v) is 6.55. The molecule has 2 aliphatic rings. The highest BCUT2D eigenvalue weighted by atomic mass is 127. The lowest BCUT2D eigenvalue weighted by Gasteiger charge is -2.21. The Morgan fingerprint density at radius 3 is 2.45 bits per heavy atom. The molecule has 0 bridgehead atoms. The van der Waals surface area contributed by atoms with Gasteiger partial charge in [0.1, 0.15) is 0 Å². The summed E-state index contributed by atoms with van der Waals surface area (Å²) < 4.78 is 5.38. The molecule has 4 nitrogen and oxygen atoms in total. The summed E-state index contributed by atoms with van der Waals surface area (Å²) in [5, 5.41) is 6.83. The van der Waals surface area contributed by atoms with Gasteiger partial charge < -0.3 is 15.4 Å². The fraction of sp³-hybridized carbons (Fsp3) is 0.933. The third kappa shape index (κ3) is 5.76. The molecule has 1 atom stereocenters. The van der Waals surface area contributed by atoms with E-state index >= 15 is 0 Å². The molecule has 20 heavy (non-hydrogen) atoms. The molecule has 1 saturated heterocycles. The van der Waals surface area contributed by atoms with Crippen LogP contribution in [0.4, 0.5) is 0 Å². The molecule has 0 amide bonds. The van der Waals surface area contributed by atoms with E-state index in [0.29, 0.717) is 11.3 Å². The molecule has 1 unspecified atom stereocenters. The van der Waals surface area contributed by atoms with Crippen LogP contribution in [0.3, 0.4) is 0 Å². The molecule has 1 heterocycles. The topological polar surface area (TPSA) is 45.7 Å². The normalized spacial score (nSPS) is 25.8. The molecule has 1 aliphatic carbocycles. The Morgan fingerprint density at radius 1 is 1.25 bits per heavy atom. The molecule has 0 spiro atoms. The first-order valence-electron chi connectivity index (χ1n) is 7.71. The summed E-state index contributed by atoms with van der Waals surface area (Å²) in [7, 11) is 0. The van der Waals surface area contributed by atoms with Gasteiger partial charge >= 0.3 is 0 Å². The Morgan fingerprint density at radius 2 is 1.90 bits per heavy atom. The quantitative estimate of drug-likeness (QED) is 0.428. The first kappa shape index (κ1) is 18.0.